The van der Waals surface area contributed by atoms with Crippen molar-refractivity contribution in [3.8, 4) is 5.75 Å². The highest BCUT2D eigenvalue weighted by Crippen LogP contribution is 2.19. The van der Waals surface area contributed by atoms with Gasteiger partial charge < -0.3 is 19.5 Å². The number of amides is 1. The lowest BCUT2D eigenvalue weighted by atomic mass is 10.2. The Morgan fingerprint density at radius 1 is 1.58 bits per heavy atom. The lowest BCUT2D eigenvalue weighted by molar-refractivity contribution is -0.138. The number of carboxylic acids is 1. The molecule has 0 saturated carbocycles. The van der Waals surface area contributed by atoms with E-state index in [1.54, 1.807) is 7.11 Å². The lowest BCUT2D eigenvalue weighted by Gasteiger charge is -2.13. The minimum absolute atomic E-state index is 0.166. The largest absolute Gasteiger partial charge is 0.497 e. The fraction of sp³-hybridized carbons (Fsp3) is 0.385. The molecule has 1 atom stereocenters. The zero-order chi connectivity index (χ0) is 13.8. The summed E-state index contributed by atoms with van der Waals surface area (Å²) in [4.78, 5) is 23.7. The van der Waals surface area contributed by atoms with Gasteiger partial charge in [0.1, 0.15) is 11.9 Å². The molecule has 6 nitrogen and oxygen atoms in total. The van der Waals surface area contributed by atoms with Crippen molar-refractivity contribution in [2.75, 3.05) is 13.7 Å². The number of methoxy groups -OCH3 is 1. The Labute approximate surface area is 110 Å². The van der Waals surface area contributed by atoms with E-state index in [9.17, 15) is 9.59 Å². The number of nitrogens with zero attached hydrogens (tertiary/aromatic N) is 1. The fourth-order valence-electron chi connectivity index (χ4n) is 2.00. The molecule has 1 heterocycles. The Bertz CT molecular complexity index is 488. The smallest absolute Gasteiger partial charge is 0.410 e. The van der Waals surface area contributed by atoms with Crippen LogP contribution in [-0.2, 0) is 16.1 Å². The van der Waals surface area contributed by atoms with Crippen LogP contribution in [0.1, 0.15) is 12.0 Å². The van der Waals surface area contributed by atoms with Crippen LogP contribution in [0.25, 0.3) is 0 Å². The topological polar surface area (TPSA) is 76.1 Å². The van der Waals surface area contributed by atoms with Gasteiger partial charge in [-0.05, 0) is 17.7 Å². The van der Waals surface area contributed by atoms with Crippen molar-refractivity contribution < 1.29 is 24.2 Å². The highest BCUT2D eigenvalue weighted by atomic mass is 16.6. The van der Waals surface area contributed by atoms with E-state index in [-0.39, 0.29) is 6.42 Å². The van der Waals surface area contributed by atoms with Gasteiger partial charge >= 0.3 is 12.1 Å². The van der Waals surface area contributed by atoms with Crippen molar-refractivity contribution in [3.63, 3.8) is 0 Å². The summed E-state index contributed by atoms with van der Waals surface area (Å²) in [7, 11) is 1.58. The van der Waals surface area contributed by atoms with Gasteiger partial charge in [0.2, 0.25) is 0 Å². The van der Waals surface area contributed by atoms with Gasteiger partial charge in [0, 0.05) is 6.54 Å². The molecular formula is C13H15NO5. The van der Waals surface area contributed by atoms with E-state index < -0.39 is 18.2 Å². The maximum atomic E-state index is 11.6. The average molecular weight is 265 g/mol. The van der Waals surface area contributed by atoms with Gasteiger partial charge in [-0.3, -0.25) is 4.79 Å². The van der Waals surface area contributed by atoms with E-state index >= 15 is 0 Å². The molecule has 0 radical (unpaired) electrons. The molecule has 1 amide bonds. The van der Waals surface area contributed by atoms with Crippen LogP contribution >= 0.6 is 0 Å². The van der Waals surface area contributed by atoms with E-state index in [1.807, 2.05) is 24.3 Å². The SMILES string of the molecule is COc1cccc(CN2CC(CC(=O)O)OC2=O)c1. The van der Waals surface area contributed by atoms with E-state index in [4.69, 9.17) is 14.6 Å². The molecule has 1 aliphatic heterocycles. The summed E-state index contributed by atoms with van der Waals surface area (Å²) in [5.41, 5.74) is 0.910. The van der Waals surface area contributed by atoms with Gasteiger partial charge in [-0.25, -0.2) is 4.79 Å². The monoisotopic (exact) mass is 265 g/mol. The summed E-state index contributed by atoms with van der Waals surface area (Å²) in [5.74, 6) is -0.256. The van der Waals surface area contributed by atoms with Crippen LogP contribution in [0.2, 0.25) is 0 Å². The van der Waals surface area contributed by atoms with E-state index in [2.05, 4.69) is 0 Å². The number of cyclic esters (lactones) is 1. The first-order valence-corrected chi connectivity index (χ1v) is 5.89. The molecule has 0 aliphatic carbocycles. The minimum Gasteiger partial charge on any atom is -0.497 e. The summed E-state index contributed by atoms with van der Waals surface area (Å²) >= 11 is 0. The summed E-state index contributed by atoms with van der Waals surface area (Å²) in [5, 5.41) is 8.68. The summed E-state index contributed by atoms with van der Waals surface area (Å²) in [6.45, 7) is 0.675. The summed E-state index contributed by atoms with van der Waals surface area (Å²) < 4.78 is 10.1. The number of carbonyl (C=O) groups excluding carboxylic acids is 1. The zero-order valence-electron chi connectivity index (χ0n) is 10.5. The first kappa shape index (κ1) is 13.2. The van der Waals surface area contributed by atoms with Gasteiger partial charge in [0.05, 0.1) is 20.1 Å². The van der Waals surface area contributed by atoms with Gasteiger partial charge in [0.25, 0.3) is 0 Å². The van der Waals surface area contributed by atoms with Gasteiger partial charge in [-0.2, -0.15) is 0 Å². The third kappa shape index (κ3) is 3.37. The Hall–Kier alpha value is -2.24. The predicted molar refractivity (Wildman–Crippen MR) is 65.9 cm³/mol. The van der Waals surface area contributed by atoms with E-state index in [1.165, 1.54) is 4.90 Å². The van der Waals surface area contributed by atoms with Crippen LogP contribution in [-0.4, -0.2) is 41.8 Å². The fourth-order valence-corrected chi connectivity index (χ4v) is 2.00. The van der Waals surface area contributed by atoms with Crippen molar-refractivity contribution in [2.24, 2.45) is 0 Å². The van der Waals surface area contributed by atoms with Crippen molar-refractivity contribution in [1.82, 2.24) is 4.90 Å². The predicted octanol–water partition coefficient (Wildman–Crippen LogP) is 1.49. The van der Waals surface area contributed by atoms with Crippen LogP contribution < -0.4 is 4.74 Å². The highest BCUT2D eigenvalue weighted by molar-refractivity contribution is 5.72. The van der Waals surface area contributed by atoms with Crippen LogP contribution in [0, 0.1) is 0 Å². The second-order valence-electron chi connectivity index (χ2n) is 4.34. The van der Waals surface area contributed by atoms with Gasteiger partial charge in [-0.1, -0.05) is 12.1 Å². The maximum Gasteiger partial charge on any atom is 0.410 e. The van der Waals surface area contributed by atoms with Crippen LogP contribution in [0.15, 0.2) is 24.3 Å². The molecule has 102 valence electrons. The molecule has 1 N–H and O–H groups in total. The third-order valence-corrected chi connectivity index (χ3v) is 2.86. The molecule has 6 heteroatoms. The molecule has 0 bridgehead atoms. The normalized spacial score (nSPS) is 18.3. The highest BCUT2D eigenvalue weighted by Gasteiger charge is 2.32. The van der Waals surface area contributed by atoms with E-state index in [0.717, 1.165) is 5.56 Å². The molecule has 1 unspecified atom stereocenters. The zero-order valence-corrected chi connectivity index (χ0v) is 10.5. The Balaban J connectivity index is 1.99. The van der Waals surface area contributed by atoms with Crippen molar-refractivity contribution >= 4 is 12.1 Å². The first-order valence-electron chi connectivity index (χ1n) is 5.89. The Kier molecular flexibility index (Phi) is 3.89. The molecular weight excluding hydrogens is 250 g/mol. The van der Waals surface area contributed by atoms with Crippen molar-refractivity contribution in [2.45, 2.75) is 19.1 Å². The lowest BCUT2D eigenvalue weighted by Crippen LogP contribution is -2.25. The number of rotatable bonds is 5. The quantitative estimate of drug-likeness (QED) is 0.872. The molecule has 1 aliphatic rings. The number of carboxylic acid groups (broad SMARTS) is 1. The molecule has 1 aromatic carbocycles. The maximum absolute atomic E-state index is 11.6. The Morgan fingerprint density at radius 3 is 3.05 bits per heavy atom. The second-order valence-corrected chi connectivity index (χ2v) is 4.34. The molecule has 1 fully saturated rings. The van der Waals surface area contributed by atoms with Gasteiger partial charge in [-0.15, -0.1) is 0 Å². The molecule has 1 saturated heterocycles. The molecule has 0 spiro atoms. The Morgan fingerprint density at radius 2 is 2.37 bits per heavy atom. The minimum atomic E-state index is -0.971. The number of benzene rings is 1. The average Bonchev–Trinajstić information content (AvgIpc) is 2.69. The molecule has 0 aromatic heterocycles. The number of hydrogen-bond donors (Lipinski definition) is 1. The number of ether oxygens (including phenoxy) is 2. The van der Waals surface area contributed by atoms with Crippen LogP contribution in [0.3, 0.4) is 0 Å². The standard InChI is InChI=1S/C13H15NO5/c1-18-10-4-2-3-9(5-10)7-14-8-11(6-12(15)16)19-13(14)17/h2-5,11H,6-8H2,1H3,(H,15,16). The molecule has 1 aromatic rings. The summed E-state index contributed by atoms with van der Waals surface area (Å²) in [6.07, 6.45) is -1.22. The molecule has 2 rings (SSSR count). The van der Waals surface area contributed by atoms with E-state index in [0.29, 0.717) is 18.8 Å². The first-order chi connectivity index (χ1) is 9.08. The third-order valence-electron chi connectivity index (χ3n) is 2.86. The van der Waals surface area contributed by atoms with Crippen molar-refractivity contribution in [1.29, 1.82) is 0 Å². The van der Waals surface area contributed by atoms with Crippen LogP contribution in [0.5, 0.6) is 5.75 Å². The number of aliphatic carboxylic acids is 1. The number of hydrogen-bond acceptors (Lipinski definition) is 4. The number of carbonyl (C=O) groups is 2. The van der Waals surface area contributed by atoms with Gasteiger partial charge in [0.15, 0.2) is 0 Å². The summed E-state index contributed by atoms with van der Waals surface area (Å²) in [6, 6.07) is 7.36. The van der Waals surface area contributed by atoms with Crippen molar-refractivity contribution in [3.05, 3.63) is 29.8 Å². The van der Waals surface area contributed by atoms with Crippen LogP contribution in [0.4, 0.5) is 4.79 Å². The molecule has 19 heavy (non-hydrogen) atoms. The second kappa shape index (κ2) is 5.60.